The normalized spacial score (nSPS) is 14.1. The second kappa shape index (κ2) is 7.33. The number of thiocarbonyl (C=S) groups is 1. The number of carbonyl (C=O) groups excluding carboxylic acids is 1. The fraction of sp³-hybridized carbons (Fsp3) is 0.130. The Morgan fingerprint density at radius 1 is 0.926 bits per heavy atom. The lowest BCUT2D eigenvalue weighted by Gasteiger charge is -2.27. The van der Waals surface area contributed by atoms with Crippen LogP contribution in [0.15, 0.2) is 72.8 Å². The molecule has 1 heterocycles. The van der Waals surface area contributed by atoms with Crippen molar-refractivity contribution in [2.45, 2.75) is 6.42 Å². The van der Waals surface area contributed by atoms with E-state index in [1.807, 2.05) is 4.90 Å². The number of amides is 1. The van der Waals surface area contributed by atoms with Crippen molar-refractivity contribution in [2.75, 3.05) is 13.1 Å². The molecule has 0 fully saturated rings. The van der Waals surface area contributed by atoms with Crippen LogP contribution in [0.5, 0.6) is 0 Å². The molecule has 0 aliphatic carbocycles. The van der Waals surface area contributed by atoms with E-state index in [0.717, 1.165) is 12.0 Å². The third-order valence-electron chi connectivity index (χ3n) is 5.05. The van der Waals surface area contributed by atoms with Gasteiger partial charge in [-0.15, -0.1) is 0 Å². The number of benzene rings is 3. The zero-order valence-electron chi connectivity index (χ0n) is 14.9. The molecule has 1 aliphatic rings. The van der Waals surface area contributed by atoms with Crippen molar-refractivity contribution in [1.29, 1.82) is 0 Å². The Labute approximate surface area is 164 Å². The van der Waals surface area contributed by atoms with Gasteiger partial charge in [0.25, 0.3) is 5.91 Å². The molecule has 0 spiro atoms. The molecule has 3 aromatic carbocycles. The van der Waals surface area contributed by atoms with E-state index in [1.54, 1.807) is 24.3 Å². The lowest BCUT2D eigenvalue weighted by molar-refractivity contribution is 0.0773. The van der Waals surface area contributed by atoms with Crippen LogP contribution in [0, 0.1) is 0 Å². The minimum atomic E-state index is 0.0395. The van der Waals surface area contributed by atoms with Crippen molar-refractivity contribution in [3.63, 3.8) is 0 Å². The van der Waals surface area contributed by atoms with Crippen LogP contribution in [0.1, 0.15) is 27.9 Å². The molecule has 0 saturated heterocycles. The predicted octanol–water partition coefficient (Wildman–Crippen LogP) is 4.40. The second-order valence-electron chi connectivity index (χ2n) is 6.70. The predicted molar refractivity (Wildman–Crippen MR) is 115 cm³/mol. The first-order valence-electron chi connectivity index (χ1n) is 9.00. The highest BCUT2D eigenvalue weighted by Crippen LogP contribution is 2.29. The highest BCUT2D eigenvalue weighted by Gasteiger charge is 2.20. The van der Waals surface area contributed by atoms with E-state index >= 15 is 0 Å². The molecular weight excluding hydrogens is 352 g/mol. The molecular formula is C23H20N2OS. The molecule has 2 N–H and O–H groups in total. The highest BCUT2D eigenvalue weighted by atomic mass is 32.1. The van der Waals surface area contributed by atoms with Crippen LogP contribution in [-0.2, 0) is 0 Å². The van der Waals surface area contributed by atoms with Crippen molar-refractivity contribution in [2.24, 2.45) is 5.73 Å². The maximum absolute atomic E-state index is 12.8. The van der Waals surface area contributed by atoms with Crippen LogP contribution in [0.25, 0.3) is 16.3 Å². The summed E-state index contributed by atoms with van der Waals surface area (Å²) in [6, 6.07) is 22.0. The average Bonchev–Trinajstić information content (AvgIpc) is 2.73. The first kappa shape index (κ1) is 17.4. The Morgan fingerprint density at radius 3 is 2.33 bits per heavy atom. The Bertz CT molecular complexity index is 1050. The lowest BCUT2D eigenvalue weighted by Crippen LogP contribution is -2.34. The molecule has 1 amide bonds. The Morgan fingerprint density at radius 2 is 1.63 bits per heavy atom. The van der Waals surface area contributed by atoms with E-state index < -0.39 is 0 Å². The summed E-state index contributed by atoms with van der Waals surface area (Å²) in [5, 5.41) is 2.51. The number of nitrogens with zero attached hydrogens (tertiary/aromatic N) is 1. The van der Waals surface area contributed by atoms with Gasteiger partial charge in [0, 0.05) is 24.2 Å². The van der Waals surface area contributed by atoms with Crippen LogP contribution in [0.2, 0.25) is 0 Å². The zero-order valence-corrected chi connectivity index (χ0v) is 15.7. The molecule has 0 bridgehead atoms. The number of nitrogens with two attached hydrogens (primary N) is 1. The molecule has 3 nitrogen and oxygen atoms in total. The van der Waals surface area contributed by atoms with Crippen molar-refractivity contribution in [1.82, 2.24) is 4.90 Å². The van der Waals surface area contributed by atoms with E-state index in [1.165, 1.54) is 21.9 Å². The minimum absolute atomic E-state index is 0.0395. The second-order valence-corrected chi connectivity index (χ2v) is 7.14. The third-order valence-corrected chi connectivity index (χ3v) is 5.28. The quantitative estimate of drug-likeness (QED) is 0.693. The Balaban J connectivity index is 1.54. The summed E-state index contributed by atoms with van der Waals surface area (Å²) in [4.78, 5) is 15.0. The van der Waals surface area contributed by atoms with Crippen LogP contribution < -0.4 is 5.73 Å². The molecule has 0 saturated carbocycles. The summed E-state index contributed by atoms with van der Waals surface area (Å²) in [6.45, 7) is 1.33. The topological polar surface area (TPSA) is 46.3 Å². The van der Waals surface area contributed by atoms with Gasteiger partial charge >= 0.3 is 0 Å². The van der Waals surface area contributed by atoms with Crippen LogP contribution in [-0.4, -0.2) is 28.9 Å². The molecule has 4 rings (SSSR count). The lowest BCUT2D eigenvalue weighted by atomic mass is 9.94. The first-order chi connectivity index (χ1) is 13.1. The number of hydrogen-bond donors (Lipinski definition) is 1. The van der Waals surface area contributed by atoms with Crippen LogP contribution >= 0.6 is 12.2 Å². The zero-order chi connectivity index (χ0) is 18.8. The molecule has 0 unspecified atom stereocenters. The summed E-state index contributed by atoms with van der Waals surface area (Å²) in [6.07, 6.45) is 3.03. The summed E-state index contributed by atoms with van der Waals surface area (Å²) in [5.74, 6) is 0.0395. The molecule has 0 atom stereocenters. The van der Waals surface area contributed by atoms with Gasteiger partial charge in [-0.3, -0.25) is 4.79 Å². The monoisotopic (exact) mass is 372 g/mol. The standard InChI is InChI=1S/C23H20N2OS/c24-22(27)18-8-10-19(11-9-18)23(26)25-14-12-17(13-15-25)21-7-3-5-16-4-1-2-6-20(16)21/h1-12H,13-15H2,(H2,24,27). The van der Waals surface area contributed by atoms with E-state index in [0.29, 0.717) is 23.6 Å². The van der Waals surface area contributed by atoms with Gasteiger partial charge in [-0.1, -0.05) is 72.9 Å². The summed E-state index contributed by atoms with van der Waals surface area (Å²) < 4.78 is 0. The molecule has 134 valence electrons. The van der Waals surface area contributed by atoms with Gasteiger partial charge in [0.15, 0.2) is 0 Å². The average molecular weight is 372 g/mol. The van der Waals surface area contributed by atoms with Crippen molar-refractivity contribution in [3.8, 4) is 0 Å². The van der Waals surface area contributed by atoms with Crippen LogP contribution in [0.4, 0.5) is 0 Å². The minimum Gasteiger partial charge on any atom is -0.389 e. The van der Waals surface area contributed by atoms with Gasteiger partial charge in [-0.25, -0.2) is 0 Å². The number of fused-ring (bicyclic) bond motifs is 1. The van der Waals surface area contributed by atoms with Crippen molar-refractivity contribution >= 4 is 39.5 Å². The molecule has 0 aromatic heterocycles. The molecule has 0 radical (unpaired) electrons. The maximum Gasteiger partial charge on any atom is 0.254 e. The maximum atomic E-state index is 12.8. The van der Waals surface area contributed by atoms with E-state index in [9.17, 15) is 4.79 Å². The van der Waals surface area contributed by atoms with Gasteiger partial charge in [0.2, 0.25) is 0 Å². The third kappa shape index (κ3) is 3.49. The number of rotatable bonds is 3. The van der Waals surface area contributed by atoms with Crippen molar-refractivity contribution in [3.05, 3.63) is 89.5 Å². The highest BCUT2D eigenvalue weighted by molar-refractivity contribution is 7.80. The Hall–Kier alpha value is -2.98. The smallest absolute Gasteiger partial charge is 0.254 e. The Kier molecular flexibility index (Phi) is 4.73. The van der Waals surface area contributed by atoms with E-state index in [-0.39, 0.29) is 5.91 Å². The van der Waals surface area contributed by atoms with Gasteiger partial charge in [0.1, 0.15) is 4.99 Å². The van der Waals surface area contributed by atoms with Crippen LogP contribution in [0.3, 0.4) is 0 Å². The molecule has 1 aliphatic heterocycles. The van der Waals surface area contributed by atoms with E-state index in [4.69, 9.17) is 18.0 Å². The fourth-order valence-corrected chi connectivity index (χ4v) is 3.70. The number of carbonyl (C=O) groups is 1. The summed E-state index contributed by atoms with van der Waals surface area (Å²) >= 11 is 4.96. The molecule has 4 heteroatoms. The van der Waals surface area contributed by atoms with E-state index in [2.05, 4.69) is 48.5 Å². The number of hydrogen-bond acceptors (Lipinski definition) is 2. The largest absolute Gasteiger partial charge is 0.389 e. The van der Waals surface area contributed by atoms with Gasteiger partial charge in [0.05, 0.1) is 0 Å². The summed E-state index contributed by atoms with van der Waals surface area (Å²) in [7, 11) is 0. The molecule has 27 heavy (non-hydrogen) atoms. The van der Waals surface area contributed by atoms with Gasteiger partial charge in [-0.05, 0) is 40.5 Å². The van der Waals surface area contributed by atoms with Gasteiger partial charge < -0.3 is 10.6 Å². The fourth-order valence-electron chi connectivity index (χ4n) is 3.56. The first-order valence-corrected chi connectivity index (χ1v) is 9.40. The SMILES string of the molecule is NC(=S)c1ccc(C(=O)N2CC=C(c3cccc4ccccc34)CC2)cc1. The van der Waals surface area contributed by atoms with Gasteiger partial charge in [-0.2, -0.15) is 0 Å². The van der Waals surface area contributed by atoms with Crippen molar-refractivity contribution < 1.29 is 4.79 Å². The molecule has 3 aromatic rings. The summed E-state index contributed by atoms with van der Waals surface area (Å²) in [5.41, 5.74) is 9.63.